The highest BCUT2D eigenvalue weighted by molar-refractivity contribution is 6.23. The van der Waals surface area contributed by atoms with Gasteiger partial charge in [0, 0.05) is 27.4 Å². The third-order valence-corrected chi connectivity index (χ3v) is 11.2. The van der Waals surface area contributed by atoms with E-state index in [1.165, 1.54) is 82.5 Å². The predicted molar refractivity (Wildman–Crippen MR) is 222 cm³/mol. The van der Waals surface area contributed by atoms with E-state index in [0.29, 0.717) is 0 Å². The van der Waals surface area contributed by atoms with Gasteiger partial charge in [-0.05, 0) is 78.7 Å². The number of anilines is 3. The van der Waals surface area contributed by atoms with Crippen molar-refractivity contribution >= 4 is 49.4 Å². The van der Waals surface area contributed by atoms with E-state index in [4.69, 9.17) is 0 Å². The van der Waals surface area contributed by atoms with E-state index in [0.717, 1.165) is 11.4 Å². The van der Waals surface area contributed by atoms with E-state index >= 15 is 0 Å². The molecule has 9 aromatic rings. The van der Waals surface area contributed by atoms with Crippen LogP contribution < -0.4 is 4.90 Å². The van der Waals surface area contributed by atoms with Crippen LogP contribution in [-0.2, 0) is 5.41 Å². The van der Waals surface area contributed by atoms with E-state index in [-0.39, 0.29) is 5.41 Å². The Morgan fingerprint density at radius 3 is 1.71 bits per heavy atom. The zero-order chi connectivity index (χ0) is 34.8. The Labute approximate surface area is 305 Å². The molecule has 0 saturated carbocycles. The number of fused-ring (bicyclic) bond motifs is 7. The molecule has 0 amide bonds. The van der Waals surface area contributed by atoms with Crippen LogP contribution >= 0.6 is 0 Å². The third kappa shape index (κ3) is 4.56. The second-order valence-corrected chi connectivity index (χ2v) is 14.5. The van der Waals surface area contributed by atoms with E-state index < -0.39 is 0 Å². The SMILES string of the molecule is CC1(C)c2ccc(N(c3cccc4ccccc34)c3c(-c4ccccc4)c4ccccc4c4ccccc34)cc2-c2c(-c3ccccc3)cccc21. The Bertz CT molecular complexity index is 2810. The molecule has 0 bridgehead atoms. The van der Waals surface area contributed by atoms with Crippen molar-refractivity contribution in [2.75, 3.05) is 4.90 Å². The molecule has 0 fully saturated rings. The quantitative estimate of drug-likeness (QED) is 0.166. The first-order valence-corrected chi connectivity index (χ1v) is 18.2. The van der Waals surface area contributed by atoms with Gasteiger partial charge in [-0.15, -0.1) is 0 Å². The second kappa shape index (κ2) is 11.8. The number of benzene rings is 9. The molecule has 1 aliphatic carbocycles. The maximum Gasteiger partial charge on any atom is 0.0625 e. The molecule has 1 nitrogen and oxygen atoms in total. The van der Waals surface area contributed by atoms with Crippen LogP contribution in [-0.4, -0.2) is 0 Å². The maximum absolute atomic E-state index is 2.55. The van der Waals surface area contributed by atoms with Crippen molar-refractivity contribution < 1.29 is 0 Å². The molecule has 246 valence electrons. The van der Waals surface area contributed by atoms with Gasteiger partial charge in [-0.2, -0.15) is 0 Å². The van der Waals surface area contributed by atoms with Crippen LogP contribution in [0.1, 0.15) is 25.0 Å². The van der Waals surface area contributed by atoms with Crippen LogP contribution in [0.5, 0.6) is 0 Å². The Balaban J connectivity index is 1.35. The molecule has 1 heteroatoms. The van der Waals surface area contributed by atoms with E-state index in [2.05, 4.69) is 207 Å². The zero-order valence-electron chi connectivity index (χ0n) is 29.3. The predicted octanol–water partition coefficient (Wildman–Crippen LogP) is 14.3. The first kappa shape index (κ1) is 30.4. The monoisotopic (exact) mass is 663 g/mol. The fourth-order valence-electron chi connectivity index (χ4n) is 8.83. The fourth-order valence-corrected chi connectivity index (χ4v) is 8.83. The summed E-state index contributed by atoms with van der Waals surface area (Å²) in [6.45, 7) is 4.75. The maximum atomic E-state index is 2.55. The van der Waals surface area contributed by atoms with Crippen LogP contribution in [0.4, 0.5) is 17.1 Å². The van der Waals surface area contributed by atoms with Gasteiger partial charge in [0.2, 0.25) is 0 Å². The Morgan fingerprint density at radius 2 is 0.962 bits per heavy atom. The van der Waals surface area contributed by atoms with Gasteiger partial charge in [0.15, 0.2) is 0 Å². The van der Waals surface area contributed by atoms with Crippen molar-refractivity contribution in [1.82, 2.24) is 0 Å². The van der Waals surface area contributed by atoms with E-state index in [9.17, 15) is 0 Å². The Morgan fingerprint density at radius 1 is 0.385 bits per heavy atom. The third-order valence-electron chi connectivity index (χ3n) is 11.2. The number of nitrogens with zero attached hydrogens (tertiary/aromatic N) is 1. The molecule has 0 radical (unpaired) electrons. The van der Waals surface area contributed by atoms with Crippen LogP contribution in [0.15, 0.2) is 188 Å². The van der Waals surface area contributed by atoms with Crippen LogP contribution in [0.3, 0.4) is 0 Å². The molecule has 9 aromatic carbocycles. The summed E-state index contributed by atoms with van der Waals surface area (Å²) in [6.07, 6.45) is 0. The molecule has 52 heavy (non-hydrogen) atoms. The summed E-state index contributed by atoms with van der Waals surface area (Å²) in [7, 11) is 0. The summed E-state index contributed by atoms with van der Waals surface area (Å²) in [5.41, 5.74) is 13.7. The van der Waals surface area contributed by atoms with Crippen molar-refractivity contribution in [3.8, 4) is 33.4 Å². The lowest BCUT2D eigenvalue weighted by Gasteiger charge is -2.32. The molecular formula is C51H37N. The van der Waals surface area contributed by atoms with Gasteiger partial charge in [-0.1, -0.05) is 184 Å². The topological polar surface area (TPSA) is 3.24 Å². The average molecular weight is 664 g/mol. The average Bonchev–Trinajstić information content (AvgIpc) is 3.44. The van der Waals surface area contributed by atoms with Crippen molar-refractivity contribution in [3.63, 3.8) is 0 Å². The minimum atomic E-state index is -0.136. The van der Waals surface area contributed by atoms with E-state index in [1.807, 2.05) is 0 Å². The van der Waals surface area contributed by atoms with Gasteiger partial charge in [-0.3, -0.25) is 0 Å². The molecule has 0 atom stereocenters. The van der Waals surface area contributed by atoms with Crippen molar-refractivity contribution in [3.05, 3.63) is 199 Å². The van der Waals surface area contributed by atoms with Crippen molar-refractivity contribution in [1.29, 1.82) is 0 Å². The molecule has 1 aliphatic rings. The van der Waals surface area contributed by atoms with Gasteiger partial charge in [0.05, 0.1) is 11.4 Å². The van der Waals surface area contributed by atoms with Crippen LogP contribution in [0.2, 0.25) is 0 Å². The first-order chi connectivity index (χ1) is 25.6. The fraction of sp³-hybridized carbons (Fsp3) is 0.0588. The largest absolute Gasteiger partial charge is 0.309 e. The second-order valence-electron chi connectivity index (χ2n) is 14.5. The summed E-state index contributed by atoms with van der Waals surface area (Å²) >= 11 is 0. The molecule has 10 rings (SSSR count). The molecule has 0 heterocycles. The van der Waals surface area contributed by atoms with Crippen molar-refractivity contribution in [2.24, 2.45) is 0 Å². The molecule has 0 unspecified atom stereocenters. The number of hydrogen-bond acceptors (Lipinski definition) is 1. The lowest BCUT2D eigenvalue weighted by Crippen LogP contribution is -2.16. The highest BCUT2D eigenvalue weighted by Crippen LogP contribution is 2.55. The molecule has 0 aromatic heterocycles. The molecule has 0 N–H and O–H groups in total. The molecule has 0 saturated heterocycles. The summed E-state index contributed by atoms with van der Waals surface area (Å²) in [5.74, 6) is 0. The number of hydrogen-bond donors (Lipinski definition) is 0. The van der Waals surface area contributed by atoms with Crippen molar-refractivity contribution in [2.45, 2.75) is 19.3 Å². The van der Waals surface area contributed by atoms with E-state index in [1.54, 1.807) is 0 Å². The Hall–Kier alpha value is -6.44. The summed E-state index contributed by atoms with van der Waals surface area (Å²) < 4.78 is 0. The Kier molecular flexibility index (Phi) is 6.91. The van der Waals surface area contributed by atoms with Crippen LogP contribution in [0.25, 0.3) is 65.7 Å². The summed E-state index contributed by atoms with van der Waals surface area (Å²) in [4.78, 5) is 2.55. The standard InChI is InChI=1S/C51H37N/c1-51(2)45-32-31-37(33-44(45)49-39(28-16-29-46(49)51)35-17-5-3-6-18-35)52(47-30-15-22-34-19-9-10-23-38(34)47)50-43-27-14-12-25-41(43)40-24-11-13-26-42(40)48(50)36-20-7-4-8-21-36/h3-33H,1-2H3. The molecular weight excluding hydrogens is 627 g/mol. The normalized spacial score (nSPS) is 13.0. The number of rotatable bonds is 5. The first-order valence-electron chi connectivity index (χ1n) is 18.2. The summed E-state index contributed by atoms with van der Waals surface area (Å²) in [5, 5.41) is 7.40. The van der Waals surface area contributed by atoms with Gasteiger partial charge < -0.3 is 4.90 Å². The molecule has 0 aliphatic heterocycles. The lowest BCUT2D eigenvalue weighted by molar-refractivity contribution is 0.660. The summed E-state index contributed by atoms with van der Waals surface area (Å²) in [6, 6.07) is 69.2. The highest BCUT2D eigenvalue weighted by Gasteiger charge is 2.37. The van der Waals surface area contributed by atoms with Gasteiger partial charge in [0.1, 0.15) is 0 Å². The van der Waals surface area contributed by atoms with Gasteiger partial charge in [0.25, 0.3) is 0 Å². The minimum absolute atomic E-state index is 0.136. The smallest absolute Gasteiger partial charge is 0.0625 e. The zero-order valence-corrected chi connectivity index (χ0v) is 29.3. The van der Waals surface area contributed by atoms with Gasteiger partial charge in [-0.25, -0.2) is 0 Å². The highest BCUT2D eigenvalue weighted by atomic mass is 15.1. The molecule has 0 spiro atoms. The minimum Gasteiger partial charge on any atom is -0.309 e. The lowest BCUT2D eigenvalue weighted by atomic mass is 9.82. The van der Waals surface area contributed by atoms with Crippen LogP contribution in [0, 0.1) is 0 Å². The van der Waals surface area contributed by atoms with Gasteiger partial charge >= 0.3 is 0 Å².